The molecule has 23 heavy (non-hydrogen) atoms. The molecule has 0 saturated carbocycles. The minimum absolute atomic E-state index is 0.152. The summed E-state index contributed by atoms with van der Waals surface area (Å²) in [6.45, 7) is 6.72. The molecule has 0 aromatic heterocycles. The van der Waals surface area contributed by atoms with Crippen LogP contribution in [-0.4, -0.2) is 75.1 Å². The van der Waals surface area contributed by atoms with Gasteiger partial charge in [-0.2, -0.15) is 0 Å². The van der Waals surface area contributed by atoms with E-state index in [-0.39, 0.29) is 6.61 Å². The van der Waals surface area contributed by atoms with Gasteiger partial charge >= 0.3 is 0 Å². The maximum Gasteiger partial charge on any atom is 0.187 e. The molecule has 0 spiro atoms. The second kappa shape index (κ2) is 8.89. The number of ether oxygens (including phenoxy) is 2. The highest BCUT2D eigenvalue weighted by Gasteiger charge is 2.43. The molecule has 1 fully saturated rings. The van der Waals surface area contributed by atoms with Gasteiger partial charge in [-0.25, -0.2) is 0 Å². The first kappa shape index (κ1) is 20.2. The van der Waals surface area contributed by atoms with E-state index in [9.17, 15) is 20.4 Å². The van der Waals surface area contributed by atoms with Crippen molar-refractivity contribution in [2.75, 3.05) is 13.2 Å². The van der Waals surface area contributed by atoms with Crippen LogP contribution in [0.4, 0.5) is 0 Å². The van der Waals surface area contributed by atoms with Gasteiger partial charge in [-0.1, -0.05) is 17.7 Å². The number of aliphatic hydroxyl groups excluding tert-OH is 4. The Balaban J connectivity index is 2.48. The van der Waals surface area contributed by atoms with E-state index in [1.165, 1.54) is 6.08 Å². The van der Waals surface area contributed by atoms with Gasteiger partial charge < -0.3 is 35.0 Å². The van der Waals surface area contributed by atoms with E-state index in [0.717, 1.165) is 5.57 Å². The molecule has 0 unspecified atom stereocenters. The highest BCUT2D eigenvalue weighted by molar-refractivity contribution is 5.01. The second-order valence-corrected chi connectivity index (χ2v) is 6.16. The lowest BCUT2D eigenvalue weighted by Gasteiger charge is -2.39. The molecule has 0 amide bonds. The average Bonchev–Trinajstić information content (AvgIpc) is 2.52. The van der Waals surface area contributed by atoms with E-state index in [1.54, 1.807) is 6.92 Å². The van der Waals surface area contributed by atoms with Crippen molar-refractivity contribution in [3.63, 3.8) is 0 Å². The first-order valence-corrected chi connectivity index (χ1v) is 7.65. The van der Waals surface area contributed by atoms with E-state index in [4.69, 9.17) is 14.6 Å². The summed E-state index contributed by atoms with van der Waals surface area (Å²) < 4.78 is 10.7. The van der Waals surface area contributed by atoms with Gasteiger partial charge in [0.2, 0.25) is 0 Å². The van der Waals surface area contributed by atoms with E-state index in [2.05, 4.69) is 6.58 Å². The normalized spacial score (nSPS) is 34.9. The van der Waals surface area contributed by atoms with Crippen LogP contribution >= 0.6 is 0 Å². The van der Waals surface area contributed by atoms with Crippen LogP contribution in [-0.2, 0) is 9.47 Å². The molecule has 1 aliphatic heterocycles. The first-order chi connectivity index (χ1) is 10.7. The summed E-state index contributed by atoms with van der Waals surface area (Å²) in [6, 6.07) is 0. The molecule has 0 radical (unpaired) electrons. The third-order valence-electron chi connectivity index (χ3n) is 3.91. The van der Waals surface area contributed by atoms with Gasteiger partial charge in [0.25, 0.3) is 0 Å². The van der Waals surface area contributed by atoms with Crippen LogP contribution in [0.3, 0.4) is 0 Å². The summed E-state index contributed by atoms with van der Waals surface area (Å²) in [5, 5.41) is 48.1. The Bertz CT molecular complexity index is 405. The fourth-order valence-electron chi connectivity index (χ4n) is 2.19. The predicted octanol–water partition coefficient (Wildman–Crippen LogP) is -0.534. The topological polar surface area (TPSA) is 120 Å². The molecule has 1 aliphatic rings. The number of hydrogen-bond donors (Lipinski definition) is 5. The van der Waals surface area contributed by atoms with E-state index in [1.807, 2.05) is 13.0 Å². The van der Waals surface area contributed by atoms with Gasteiger partial charge in [0, 0.05) is 0 Å². The lowest BCUT2D eigenvalue weighted by molar-refractivity contribution is -0.299. The van der Waals surface area contributed by atoms with E-state index in [0.29, 0.717) is 12.8 Å². The number of hydrogen-bond acceptors (Lipinski definition) is 7. The van der Waals surface area contributed by atoms with E-state index < -0.39 is 42.9 Å². The zero-order valence-corrected chi connectivity index (χ0v) is 13.6. The Morgan fingerprint density at radius 2 is 1.91 bits per heavy atom. The van der Waals surface area contributed by atoms with Crippen LogP contribution in [0.15, 0.2) is 24.3 Å². The Morgan fingerprint density at radius 3 is 2.48 bits per heavy atom. The third kappa shape index (κ3) is 5.96. The smallest absolute Gasteiger partial charge is 0.187 e. The van der Waals surface area contributed by atoms with Gasteiger partial charge in [-0.05, 0) is 26.7 Å². The Hall–Kier alpha value is -0.800. The molecular weight excluding hydrogens is 304 g/mol. The highest BCUT2D eigenvalue weighted by Crippen LogP contribution is 2.22. The molecule has 0 aromatic carbocycles. The minimum Gasteiger partial charge on any atom is -0.394 e. The van der Waals surface area contributed by atoms with Gasteiger partial charge in [-0.15, -0.1) is 6.58 Å². The fourth-order valence-corrected chi connectivity index (χ4v) is 2.19. The summed E-state index contributed by atoms with van der Waals surface area (Å²) in [6.07, 6.45) is -1.83. The van der Waals surface area contributed by atoms with Crippen LogP contribution in [0.5, 0.6) is 0 Å². The number of allylic oxidation sites excluding steroid dienone is 1. The summed E-state index contributed by atoms with van der Waals surface area (Å²) >= 11 is 0. The average molecular weight is 332 g/mol. The SMILES string of the molecule is C=C[C@](C)(O)CC/C=C(\C)CO[C@@H]1O[C@H](CO)[C@@H](O)[C@H](O)[C@H]1O. The van der Waals surface area contributed by atoms with Crippen molar-refractivity contribution >= 4 is 0 Å². The van der Waals surface area contributed by atoms with Crippen LogP contribution < -0.4 is 0 Å². The van der Waals surface area contributed by atoms with Crippen LogP contribution in [0, 0.1) is 0 Å². The molecule has 0 aliphatic carbocycles. The third-order valence-corrected chi connectivity index (χ3v) is 3.91. The Kier molecular flexibility index (Phi) is 7.82. The van der Waals surface area contributed by atoms with Gasteiger partial charge in [0.15, 0.2) is 6.29 Å². The zero-order chi connectivity index (χ0) is 17.6. The molecule has 7 heteroatoms. The van der Waals surface area contributed by atoms with Crippen molar-refractivity contribution < 1.29 is 35.0 Å². The van der Waals surface area contributed by atoms with Crippen molar-refractivity contribution in [3.05, 3.63) is 24.3 Å². The lowest BCUT2D eigenvalue weighted by Crippen LogP contribution is -2.59. The molecule has 134 valence electrons. The zero-order valence-electron chi connectivity index (χ0n) is 13.6. The Labute approximate surface area is 136 Å². The molecule has 7 nitrogen and oxygen atoms in total. The maximum atomic E-state index is 9.84. The first-order valence-electron chi connectivity index (χ1n) is 7.65. The summed E-state index contributed by atoms with van der Waals surface area (Å²) in [4.78, 5) is 0. The number of aliphatic hydroxyl groups is 5. The maximum absolute atomic E-state index is 9.84. The largest absolute Gasteiger partial charge is 0.394 e. The van der Waals surface area contributed by atoms with Gasteiger partial charge in [0.1, 0.15) is 24.4 Å². The molecule has 6 atom stereocenters. The van der Waals surface area contributed by atoms with Crippen LogP contribution in [0.1, 0.15) is 26.7 Å². The lowest BCUT2D eigenvalue weighted by atomic mass is 9.99. The van der Waals surface area contributed by atoms with E-state index >= 15 is 0 Å². The monoisotopic (exact) mass is 332 g/mol. The molecular formula is C16H28O7. The van der Waals surface area contributed by atoms with Gasteiger partial charge in [-0.3, -0.25) is 0 Å². The van der Waals surface area contributed by atoms with Gasteiger partial charge in [0.05, 0.1) is 18.8 Å². The van der Waals surface area contributed by atoms with Crippen molar-refractivity contribution in [3.8, 4) is 0 Å². The minimum atomic E-state index is -1.45. The van der Waals surface area contributed by atoms with Crippen LogP contribution in [0.25, 0.3) is 0 Å². The fraction of sp³-hybridized carbons (Fsp3) is 0.750. The standard InChI is InChI=1S/C16H28O7/c1-4-16(3,21)7-5-6-10(2)9-22-15-14(20)13(19)12(18)11(8-17)23-15/h4,6,11-15,17-21H,1,5,7-9H2,2-3H3/b10-6+/t11-,12-,13+,14-,15-,16+/m1/s1. The molecule has 1 heterocycles. The van der Waals surface area contributed by atoms with Crippen LogP contribution in [0.2, 0.25) is 0 Å². The molecule has 0 aromatic rings. The van der Waals surface area contributed by atoms with Crippen molar-refractivity contribution in [2.24, 2.45) is 0 Å². The number of rotatable bonds is 8. The predicted molar refractivity (Wildman–Crippen MR) is 83.5 cm³/mol. The molecule has 0 bridgehead atoms. The summed E-state index contributed by atoms with van der Waals surface area (Å²) in [5.41, 5.74) is -0.0589. The Morgan fingerprint density at radius 1 is 1.26 bits per heavy atom. The summed E-state index contributed by atoms with van der Waals surface area (Å²) in [5.74, 6) is 0. The van der Waals surface area contributed by atoms with Crippen molar-refractivity contribution in [1.82, 2.24) is 0 Å². The second-order valence-electron chi connectivity index (χ2n) is 6.16. The van der Waals surface area contributed by atoms with Crippen molar-refractivity contribution in [1.29, 1.82) is 0 Å². The molecule has 1 rings (SSSR count). The summed E-state index contributed by atoms with van der Waals surface area (Å²) in [7, 11) is 0. The van der Waals surface area contributed by atoms with Crippen molar-refractivity contribution in [2.45, 2.75) is 63.0 Å². The molecule has 5 N–H and O–H groups in total. The quantitative estimate of drug-likeness (QED) is 0.379. The highest BCUT2D eigenvalue weighted by atomic mass is 16.7. The molecule has 1 saturated heterocycles.